The van der Waals surface area contributed by atoms with Crippen LogP contribution in [0.3, 0.4) is 0 Å². The van der Waals surface area contributed by atoms with Crippen LogP contribution in [0.1, 0.15) is 15.9 Å². The second-order valence-corrected chi connectivity index (χ2v) is 7.62. The predicted molar refractivity (Wildman–Crippen MR) is 123 cm³/mol. The zero-order valence-corrected chi connectivity index (χ0v) is 18.7. The topological polar surface area (TPSA) is 89.3 Å². The van der Waals surface area contributed by atoms with Crippen LogP contribution < -0.4 is 10.2 Å². The van der Waals surface area contributed by atoms with Crippen molar-refractivity contribution < 1.29 is 23.1 Å². The van der Waals surface area contributed by atoms with Crippen LogP contribution in [-0.4, -0.2) is 47.1 Å². The highest BCUT2D eigenvalue weighted by molar-refractivity contribution is 6.07. The summed E-state index contributed by atoms with van der Waals surface area (Å²) in [6, 6.07) is 10.1. The van der Waals surface area contributed by atoms with Crippen LogP contribution in [0.15, 0.2) is 55.0 Å². The zero-order chi connectivity index (χ0) is 24.4. The number of aromatic nitrogens is 3. The molecule has 0 aliphatic carbocycles. The SMILES string of the molecule is COCC(=O)Nc1ccc(-n2cnc3c(C)cc(C(=O)N(C)c4ccc(F)c(F)c4)cc32)cn1. The molecule has 2 aromatic heterocycles. The largest absolute Gasteiger partial charge is 0.375 e. The van der Waals surface area contributed by atoms with Gasteiger partial charge in [-0.3, -0.25) is 14.2 Å². The van der Waals surface area contributed by atoms with Crippen molar-refractivity contribution in [2.45, 2.75) is 6.92 Å². The fraction of sp³-hybridized carbons (Fsp3) is 0.167. The van der Waals surface area contributed by atoms with Gasteiger partial charge in [0.15, 0.2) is 11.6 Å². The molecule has 1 N–H and O–H groups in total. The first-order valence-electron chi connectivity index (χ1n) is 10.2. The Labute approximate surface area is 193 Å². The summed E-state index contributed by atoms with van der Waals surface area (Å²) in [5.41, 5.74) is 3.39. The first-order chi connectivity index (χ1) is 16.3. The number of methoxy groups -OCH3 is 1. The lowest BCUT2D eigenvalue weighted by Crippen LogP contribution is -2.26. The second-order valence-electron chi connectivity index (χ2n) is 7.62. The molecule has 2 heterocycles. The number of ether oxygens (including phenoxy) is 1. The van der Waals surface area contributed by atoms with Gasteiger partial charge in [-0.1, -0.05) is 0 Å². The Bertz CT molecular complexity index is 1390. The van der Waals surface area contributed by atoms with Crippen molar-refractivity contribution in [3.05, 3.63) is 77.8 Å². The van der Waals surface area contributed by atoms with Crippen LogP contribution in [0.2, 0.25) is 0 Å². The predicted octanol–water partition coefficient (Wildman–Crippen LogP) is 3.87. The summed E-state index contributed by atoms with van der Waals surface area (Å²) >= 11 is 0. The number of halogens is 2. The molecule has 0 atom stereocenters. The molecule has 34 heavy (non-hydrogen) atoms. The number of fused-ring (bicyclic) bond motifs is 1. The van der Waals surface area contributed by atoms with E-state index in [-0.39, 0.29) is 18.2 Å². The van der Waals surface area contributed by atoms with Crippen molar-refractivity contribution in [3.63, 3.8) is 0 Å². The van der Waals surface area contributed by atoms with Crippen molar-refractivity contribution in [2.24, 2.45) is 0 Å². The molecule has 10 heteroatoms. The summed E-state index contributed by atoms with van der Waals surface area (Å²) in [6.07, 6.45) is 3.19. The van der Waals surface area contributed by atoms with E-state index < -0.39 is 17.5 Å². The van der Waals surface area contributed by atoms with Gasteiger partial charge in [0.05, 0.1) is 22.9 Å². The lowest BCUT2D eigenvalue weighted by molar-refractivity contribution is -0.119. The molecule has 0 unspecified atom stereocenters. The summed E-state index contributed by atoms with van der Waals surface area (Å²) in [6.45, 7) is 1.76. The maximum atomic E-state index is 13.7. The number of hydrogen-bond acceptors (Lipinski definition) is 5. The molecule has 4 aromatic rings. The molecule has 0 saturated carbocycles. The maximum Gasteiger partial charge on any atom is 0.258 e. The first-order valence-corrected chi connectivity index (χ1v) is 10.2. The second kappa shape index (κ2) is 9.36. The van der Waals surface area contributed by atoms with E-state index in [9.17, 15) is 18.4 Å². The van der Waals surface area contributed by atoms with Crippen LogP contribution in [0.25, 0.3) is 16.7 Å². The fourth-order valence-electron chi connectivity index (χ4n) is 3.54. The molecule has 0 fully saturated rings. The molecule has 0 aliphatic heterocycles. The smallest absolute Gasteiger partial charge is 0.258 e. The van der Waals surface area contributed by atoms with Gasteiger partial charge >= 0.3 is 0 Å². The summed E-state index contributed by atoms with van der Waals surface area (Å²) in [5, 5.41) is 2.62. The number of pyridine rings is 1. The number of nitrogens with zero attached hydrogens (tertiary/aromatic N) is 4. The Morgan fingerprint density at radius 1 is 1.09 bits per heavy atom. The van der Waals surface area contributed by atoms with E-state index in [1.165, 1.54) is 25.1 Å². The van der Waals surface area contributed by atoms with E-state index in [1.807, 2.05) is 6.92 Å². The van der Waals surface area contributed by atoms with Gasteiger partial charge in [-0.2, -0.15) is 0 Å². The fourth-order valence-corrected chi connectivity index (χ4v) is 3.54. The minimum absolute atomic E-state index is 0.0787. The molecule has 4 rings (SSSR count). The van der Waals surface area contributed by atoms with E-state index in [2.05, 4.69) is 15.3 Å². The Hall–Kier alpha value is -4.18. The highest BCUT2D eigenvalue weighted by Gasteiger charge is 2.18. The number of carbonyl (C=O) groups is 2. The standard InChI is InChI=1S/C24H21F2N5O3/c1-14-8-15(24(33)30(2)16-4-6-18(25)19(26)10-16)9-20-23(14)28-13-31(20)17-5-7-21(27-11-17)29-22(32)12-34-3/h4-11,13H,12H2,1-3H3,(H,27,29,32). The molecule has 0 bridgehead atoms. The molecule has 0 aliphatic rings. The third-order valence-corrected chi connectivity index (χ3v) is 5.25. The Morgan fingerprint density at radius 2 is 1.88 bits per heavy atom. The Balaban J connectivity index is 1.66. The van der Waals surface area contributed by atoms with Crippen LogP contribution in [0.5, 0.6) is 0 Å². The van der Waals surface area contributed by atoms with Crippen LogP contribution in [0.4, 0.5) is 20.3 Å². The van der Waals surface area contributed by atoms with Crippen molar-refractivity contribution in [2.75, 3.05) is 31.0 Å². The molecule has 174 valence electrons. The number of amides is 2. The molecule has 0 spiro atoms. The third-order valence-electron chi connectivity index (χ3n) is 5.25. The molecule has 8 nitrogen and oxygen atoms in total. The van der Waals surface area contributed by atoms with E-state index in [4.69, 9.17) is 4.74 Å². The number of hydrogen-bond donors (Lipinski definition) is 1. The Morgan fingerprint density at radius 3 is 2.56 bits per heavy atom. The quantitative estimate of drug-likeness (QED) is 0.467. The third kappa shape index (κ3) is 4.48. The van der Waals surface area contributed by atoms with Crippen molar-refractivity contribution in [1.29, 1.82) is 0 Å². The number of imidazole rings is 1. The van der Waals surface area contributed by atoms with Crippen LogP contribution >= 0.6 is 0 Å². The van der Waals surface area contributed by atoms with Gasteiger partial charge in [0.2, 0.25) is 0 Å². The summed E-state index contributed by atoms with van der Waals surface area (Å²) in [7, 11) is 2.92. The van der Waals surface area contributed by atoms with Gasteiger partial charge in [-0.05, 0) is 48.9 Å². The van der Waals surface area contributed by atoms with Gasteiger partial charge in [0.25, 0.3) is 11.8 Å². The normalized spacial score (nSPS) is 11.0. The summed E-state index contributed by atoms with van der Waals surface area (Å²) < 4.78 is 33.5. The average Bonchev–Trinajstić information content (AvgIpc) is 3.25. The van der Waals surface area contributed by atoms with Crippen molar-refractivity contribution in [3.8, 4) is 5.69 Å². The molecular weight excluding hydrogens is 444 g/mol. The van der Waals surface area contributed by atoms with E-state index in [0.717, 1.165) is 17.7 Å². The van der Waals surface area contributed by atoms with E-state index >= 15 is 0 Å². The number of rotatable bonds is 6. The van der Waals surface area contributed by atoms with Crippen LogP contribution in [-0.2, 0) is 9.53 Å². The lowest BCUT2D eigenvalue weighted by Gasteiger charge is -2.18. The van der Waals surface area contributed by atoms with Crippen molar-refractivity contribution in [1.82, 2.24) is 14.5 Å². The lowest BCUT2D eigenvalue weighted by atomic mass is 10.1. The number of benzene rings is 2. The first kappa shape index (κ1) is 23.0. The minimum atomic E-state index is -1.03. The van der Waals surface area contributed by atoms with Gasteiger partial charge in [0.1, 0.15) is 18.8 Å². The van der Waals surface area contributed by atoms with E-state index in [0.29, 0.717) is 28.1 Å². The van der Waals surface area contributed by atoms with Gasteiger partial charge in [-0.15, -0.1) is 0 Å². The molecule has 2 amide bonds. The number of carbonyl (C=O) groups excluding carboxylic acids is 2. The molecule has 0 radical (unpaired) electrons. The average molecular weight is 465 g/mol. The molecule has 2 aromatic carbocycles. The zero-order valence-electron chi connectivity index (χ0n) is 18.7. The summed E-state index contributed by atoms with van der Waals surface area (Å²) in [4.78, 5) is 34.7. The molecular formula is C24H21F2N5O3. The van der Waals surface area contributed by atoms with Gasteiger partial charge in [0, 0.05) is 31.5 Å². The Kier molecular flexibility index (Phi) is 6.33. The minimum Gasteiger partial charge on any atom is -0.375 e. The monoisotopic (exact) mass is 465 g/mol. The van der Waals surface area contributed by atoms with Gasteiger partial charge < -0.3 is 15.0 Å². The number of nitrogens with one attached hydrogen (secondary N) is 1. The number of anilines is 2. The van der Waals surface area contributed by atoms with Crippen LogP contribution in [0, 0.1) is 18.6 Å². The highest BCUT2D eigenvalue weighted by Crippen LogP contribution is 2.25. The van der Waals surface area contributed by atoms with Crippen molar-refractivity contribution >= 4 is 34.4 Å². The van der Waals surface area contributed by atoms with E-state index in [1.54, 1.807) is 41.4 Å². The highest BCUT2D eigenvalue weighted by atomic mass is 19.2. The van der Waals surface area contributed by atoms with Gasteiger partial charge in [-0.25, -0.2) is 18.7 Å². The summed E-state index contributed by atoms with van der Waals surface area (Å²) in [5.74, 6) is -2.35. The maximum absolute atomic E-state index is 13.7. The number of aryl methyl sites for hydroxylation is 1. The molecule has 0 saturated heterocycles.